The SMILES string of the molecule is COc1ccc2c(c1)C(=O)N(C[C@@]1(C#Cc3ccccc3C)NC(=O)NC1=O)C2. The minimum Gasteiger partial charge on any atom is -0.497 e. The van der Waals surface area contributed by atoms with Gasteiger partial charge in [0.15, 0.2) is 0 Å². The van der Waals surface area contributed by atoms with Gasteiger partial charge in [-0.3, -0.25) is 14.9 Å². The molecule has 2 aromatic carbocycles. The van der Waals surface area contributed by atoms with E-state index < -0.39 is 17.5 Å². The number of fused-ring (bicyclic) bond motifs is 1. The molecule has 146 valence electrons. The Bertz CT molecular complexity index is 1100. The molecule has 0 unspecified atom stereocenters. The van der Waals surface area contributed by atoms with E-state index in [-0.39, 0.29) is 12.5 Å². The smallest absolute Gasteiger partial charge is 0.323 e. The minimum absolute atomic E-state index is 0.0563. The van der Waals surface area contributed by atoms with E-state index in [9.17, 15) is 14.4 Å². The predicted molar refractivity (Wildman–Crippen MR) is 105 cm³/mol. The average molecular weight is 389 g/mol. The molecule has 0 aliphatic carbocycles. The first-order valence-corrected chi connectivity index (χ1v) is 9.10. The minimum atomic E-state index is -1.51. The number of hydrogen-bond donors (Lipinski definition) is 2. The first kappa shape index (κ1) is 18.6. The van der Waals surface area contributed by atoms with Crippen LogP contribution in [0.5, 0.6) is 5.75 Å². The number of benzene rings is 2. The van der Waals surface area contributed by atoms with E-state index in [1.807, 2.05) is 37.3 Å². The first-order valence-electron chi connectivity index (χ1n) is 9.10. The molecule has 1 atom stereocenters. The topological polar surface area (TPSA) is 87.7 Å². The monoisotopic (exact) mass is 389 g/mol. The van der Waals surface area contributed by atoms with Gasteiger partial charge in [0.2, 0.25) is 5.54 Å². The Morgan fingerprint density at radius 3 is 2.66 bits per heavy atom. The summed E-state index contributed by atoms with van der Waals surface area (Å²) in [5, 5.41) is 4.85. The summed E-state index contributed by atoms with van der Waals surface area (Å²) in [5.74, 6) is 5.69. The summed E-state index contributed by atoms with van der Waals surface area (Å²) in [5.41, 5.74) is 1.55. The molecular weight excluding hydrogens is 370 g/mol. The van der Waals surface area contributed by atoms with Gasteiger partial charge >= 0.3 is 6.03 Å². The number of methoxy groups -OCH3 is 1. The maximum absolute atomic E-state index is 12.9. The van der Waals surface area contributed by atoms with Crippen LogP contribution in [0.15, 0.2) is 42.5 Å². The molecule has 1 fully saturated rings. The number of urea groups is 1. The van der Waals surface area contributed by atoms with E-state index in [0.29, 0.717) is 17.9 Å². The van der Waals surface area contributed by atoms with Crippen LogP contribution in [0.2, 0.25) is 0 Å². The van der Waals surface area contributed by atoms with Crippen LogP contribution in [0.3, 0.4) is 0 Å². The molecule has 0 saturated carbocycles. The standard InChI is InChI=1S/C22H19N3O4/c1-14-5-3-4-6-15(14)9-10-22(20(27)23-21(28)24-22)13-25-12-16-7-8-17(29-2)11-18(16)19(25)26/h3-8,11H,12-13H2,1-2H3,(H2,23,24,27,28)/t22-/m1/s1. The third kappa shape index (κ3) is 3.29. The van der Waals surface area contributed by atoms with Crippen molar-refractivity contribution in [3.63, 3.8) is 0 Å². The lowest BCUT2D eigenvalue weighted by molar-refractivity contribution is -0.122. The second kappa shape index (κ2) is 6.99. The maximum Gasteiger partial charge on any atom is 0.323 e. The van der Waals surface area contributed by atoms with Gasteiger partial charge in [0.05, 0.1) is 13.7 Å². The summed E-state index contributed by atoms with van der Waals surface area (Å²) in [6.07, 6.45) is 0. The van der Waals surface area contributed by atoms with Gasteiger partial charge in [0, 0.05) is 17.7 Å². The summed E-state index contributed by atoms with van der Waals surface area (Å²) in [4.78, 5) is 38.9. The van der Waals surface area contributed by atoms with Gasteiger partial charge in [-0.2, -0.15) is 0 Å². The summed E-state index contributed by atoms with van der Waals surface area (Å²) in [7, 11) is 1.54. The van der Waals surface area contributed by atoms with Crippen molar-refractivity contribution in [2.45, 2.75) is 19.0 Å². The normalized spacial score (nSPS) is 19.9. The summed E-state index contributed by atoms with van der Waals surface area (Å²) in [6.45, 7) is 2.19. The molecule has 0 bridgehead atoms. The zero-order valence-corrected chi connectivity index (χ0v) is 16.0. The summed E-state index contributed by atoms with van der Waals surface area (Å²) >= 11 is 0. The Kier molecular flexibility index (Phi) is 4.47. The van der Waals surface area contributed by atoms with Gasteiger partial charge in [-0.1, -0.05) is 36.1 Å². The molecular formula is C22H19N3O4. The molecule has 7 nitrogen and oxygen atoms in total. The van der Waals surface area contributed by atoms with E-state index in [1.165, 1.54) is 12.0 Å². The lowest BCUT2D eigenvalue weighted by Crippen LogP contribution is -2.54. The van der Waals surface area contributed by atoms with Crippen molar-refractivity contribution in [3.05, 3.63) is 64.7 Å². The van der Waals surface area contributed by atoms with E-state index in [4.69, 9.17) is 4.74 Å². The number of carbonyl (C=O) groups is 3. The number of nitrogens with zero attached hydrogens (tertiary/aromatic N) is 1. The molecule has 4 rings (SSSR count). The van der Waals surface area contributed by atoms with Crippen molar-refractivity contribution < 1.29 is 19.1 Å². The van der Waals surface area contributed by atoms with E-state index in [1.54, 1.807) is 12.1 Å². The highest BCUT2D eigenvalue weighted by Crippen LogP contribution is 2.28. The van der Waals surface area contributed by atoms with Crippen molar-refractivity contribution in [2.24, 2.45) is 0 Å². The third-order valence-corrected chi connectivity index (χ3v) is 5.12. The summed E-state index contributed by atoms with van der Waals surface area (Å²) in [6, 6.07) is 12.2. The van der Waals surface area contributed by atoms with Crippen LogP contribution in [0.25, 0.3) is 0 Å². The lowest BCUT2D eigenvalue weighted by atomic mass is 9.98. The van der Waals surface area contributed by atoms with Gasteiger partial charge in [-0.25, -0.2) is 4.79 Å². The molecule has 0 aromatic heterocycles. The third-order valence-electron chi connectivity index (χ3n) is 5.12. The maximum atomic E-state index is 12.9. The van der Waals surface area contributed by atoms with Crippen molar-refractivity contribution >= 4 is 17.8 Å². The molecule has 2 N–H and O–H groups in total. The van der Waals surface area contributed by atoms with E-state index >= 15 is 0 Å². The second-order valence-corrected chi connectivity index (χ2v) is 7.06. The number of imide groups is 1. The molecule has 0 radical (unpaired) electrons. The Morgan fingerprint density at radius 1 is 1.17 bits per heavy atom. The van der Waals surface area contributed by atoms with Crippen LogP contribution in [-0.4, -0.2) is 41.9 Å². The van der Waals surface area contributed by atoms with Gasteiger partial charge in [0.1, 0.15) is 5.75 Å². The molecule has 2 aromatic rings. The number of hydrogen-bond acceptors (Lipinski definition) is 4. The lowest BCUT2D eigenvalue weighted by Gasteiger charge is -2.26. The fourth-order valence-electron chi connectivity index (χ4n) is 3.50. The van der Waals surface area contributed by atoms with Crippen LogP contribution in [0.1, 0.15) is 27.0 Å². The van der Waals surface area contributed by atoms with E-state index in [2.05, 4.69) is 22.5 Å². The molecule has 2 aliphatic rings. The zero-order chi connectivity index (χ0) is 20.6. The van der Waals surface area contributed by atoms with Crippen LogP contribution in [-0.2, 0) is 11.3 Å². The highest BCUT2D eigenvalue weighted by atomic mass is 16.5. The van der Waals surface area contributed by atoms with Gasteiger partial charge < -0.3 is 15.0 Å². The van der Waals surface area contributed by atoms with Crippen LogP contribution < -0.4 is 15.4 Å². The summed E-state index contributed by atoms with van der Waals surface area (Å²) < 4.78 is 5.19. The first-order chi connectivity index (χ1) is 13.9. The number of aryl methyl sites for hydroxylation is 1. The number of amides is 4. The number of nitrogens with one attached hydrogen (secondary N) is 2. The Morgan fingerprint density at radius 2 is 1.97 bits per heavy atom. The van der Waals surface area contributed by atoms with Gasteiger partial charge in [-0.15, -0.1) is 0 Å². The van der Waals surface area contributed by atoms with E-state index in [0.717, 1.165) is 16.7 Å². The van der Waals surface area contributed by atoms with Crippen molar-refractivity contribution in [3.8, 4) is 17.6 Å². The quantitative estimate of drug-likeness (QED) is 0.617. The fraction of sp³-hybridized carbons (Fsp3) is 0.227. The molecule has 2 aliphatic heterocycles. The zero-order valence-electron chi connectivity index (χ0n) is 16.0. The molecule has 1 saturated heterocycles. The van der Waals surface area contributed by atoms with Crippen LogP contribution in [0, 0.1) is 18.8 Å². The number of rotatable bonds is 3. The Labute approximate surface area is 168 Å². The Hall–Kier alpha value is -3.79. The second-order valence-electron chi connectivity index (χ2n) is 7.06. The van der Waals surface area contributed by atoms with Crippen molar-refractivity contribution in [1.82, 2.24) is 15.5 Å². The average Bonchev–Trinajstić information content (AvgIpc) is 3.16. The van der Waals surface area contributed by atoms with Crippen molar-refractivity contribution in [1.29, 1.82) is 0 Å². The molecule has 7 heteroatoms. The number of ether oxygens (including phenoxy) is 1. The highest BCUT2D eigenvalue weighted by molar-refractivity contribution is 6.10. The van der Waals surface area contributed by atoms with Gasteiger partial charge in [-0.05, 0) is 36.2 Å². The Balaban J connectivity index is 1.66. The molecule has 0 spiro atoms. The molecule has 4 amide bonds. The highest BCUT2D eigenvalue weighted by Gasteiger charge is 2.48. The van der Waals surface area contributed by atoms with Crippen LogP contribution >= 0.6 is 0 Å². The fourth-order valence-corrected chi connectivity index (χ4v) is 3.50. The largest absolute Gasteiger partial charge is 0.497 e. The van der Waals surface area contributed by atoms with Crippen LogP contribution in [0.4, 0.5) is 4.79 Å². The molecule has 29 heavy (non-hydrogen) atoms. The molecule has 2 heterocycles. The van der Waals surface area contributed by atoms with Crippen molar-refractivity contribution in [2.75, 3.05) is 13.7 Å². The predicted octanol–water partition coefficient (Wildman–Crippen LogP) is 1.59. The number of carbonyl (C=O) groups excluding carboxylic acids is 3. The van der Waals surface area contributed by atoms with Gasteiger partial charge in [0.25, 0.3) is 11.8 Å².